The van der Waals surface area contributed by atoms with Crippen LogP contribution in [0.5, 0.6) is 0 Å². The zero-order valence-electron chi connectivity index (χ0n) is 19.0. The van der Waals surface area contributed by atoms with Crippen LogP contribution in [0.4, 0.5) is 5.82 Å². The third-order valence-electron chi connectivity index (χ3n) is 5.49. The number of hydrogen-bond acceptors (Lipinski definition) is 7. The fourth-order valence-electron chi connectivity index (χ4n) is 3.63. The van der Waals surface area contributed by atoms with Gasteiger partial charge in [-0.2, -0.15) is 0 Å². The summed E-state index contributed by atoms with van der Waals surface area (Å²) >= 11 is 1.04. The number of thioether (sulfide) groups is 1. The number of allylic oxidation sites excluding steroid dienone is 1. The molecule has 0 unspecified atom stereocenters. The number of amides is 1. The number of benzene rings is 2. The summed E-state index contributed by atoms with van der Waals surface area (Å²) in [6, 6.07) is 11.7. The maximum Gasteiger partial charge on any atom is 0.224 e. The molecule has 0 radical (unpaired) electrons. The number of fused-ring (bicyclic) bond motifs is 1. The van der Waals surface area contributed by atoms with Crippen LogP contribution in [0, 0.1) is 6.92 Å². The molecule has 1 heterocycles. The van der Waals surface area contributed by atoms with Gasteiger partial charge in [-0.15, -0.1) is 0 Å². The summed E-state index contributed by atoms with van der Waals surface area (Å²) in [7, 11) is 0. The van der Waals surface area contributed by atoms with E-state index in [1.165, 1.54) is 10.5 Å². The van der Waals surface area contributed by atoms with Crippen LogP contribution in [-0.4, -0.2) is 38.1 Å². The second-order valence-electron chi connectivity index (χ2n) is 7.60. The zero-order chi connectivity index (χ0) is 24.0. The Morgan fingerprint density at radius 3 is 2.55 bits per heavy atom. The average Bonchev–Trinajstić information content (AvgIpc) is 2.82. The molecule has 3 rings (SSSR count). The van der Waals surface area contributed by atoms with Crippen molar-refractivity contribution in [3.05, 3.63) is 75.7 Å². The first kappa shape index (κ1) is 24.4. The highest BCUT2D eigenvalue weighted by atomic mass is 32.2. The summed E-state index contributed by atoms with van der Waals surface area (Å²) in [5.41, 5.74) is 8.95. The number of carbonyl (C=O) groups excluding carboxylic acids is 2. The van der Waals surface area contributed by atoms with E-state index in [1.54, 1.807) is 20.0 Å². The molecule has 0 aliphatic rings. The van der Waals surface area contributed by atoms with Crippen molar-refractivity contribution < 1.29 is 14.7 Å². The van der Waals surface area contributed by atoms with Crippen LogP contribution < -0.4 is 5.73 Å². The lowest BCUT2D eigenvalue weighted by Crippen LogP contribution is -2.22. The number of aromatic nitrogens is 2. The summed E-state index contributed by atoms with van der Waals surface area (Å²) < 4.78 is 0. The van der Waals surface area contributed by atoms with E-state index in [4.69, 9.17) is 5.73 Å². The molecular formula is C25H28N4O3S. The molecule has 7 nitrogen and oxygen atoms in total. The monoisotopic (exact) mass is 464 g/mol. The van der Waals surface area contributed by atoms with Gasteiger partial charge < -0.3 is 15.7 Å². The van der Waals surface area contributed by atoms with Gasteiger partial charge in [0.2, 0.25) is 11.5 Å². The smallest absolute Gasteiger partial charge is 0.224 e. The van der Waals surface area contributed by atoms with E-state index in [2.05, 4.69) is 16.9 Å². The van der Waals surface area contributed by atoms with Crippen molar-refractivity contribution in [2.45, 2.75) is 40.2 Å². The quantitative estimate of drug-likeness (QED) is 0.456. The van der Waals surface area contributed by atoms with Crippen molar-refractivity contribution in [2.75, 3.05) is 12.3 Å². The normalized spacial score (nSPS) is 11.9. The van der Waals surface area contributed by atoms with Crippen LogP contribution in [0.15, 0.2) is 53.2 Å². The second kappa shape index (κ2) is 11.1. The minimum atomic E-state index is -0.148. The largest absolute Gasteiger partial charge is 0.396 e. The molecule has 0 spiro atoms. The molecule has 0 fully saturated rings. The molecule has 3 N–H and O–H groups in total. The molecule has 0 bridgehead atoms. The maximum atomic E-state index is 13.3. The summed E-state index contributed by atoms with van der Waals surface area (Å²) in [6.45, 7) is 5.60. The number of rotatable bonds is 9. The first-order valence-corrected chi connectivity index (χ1v) is 11.5. The van der Waals surface area contributed by atoms with Crippen molar-refractivity contribution in [2.24, 2.45) is 0 Å². The highest BCUT2D eigenvalue weighted by Crippen LogP contribution is 2.32. The maximum absolute atomic E-state index is 13.3. The van der Waals surface area contributed by atoms with Crippen molar-refractivity contribution in [1.29, 1.82) is 0 Å². The summed E-state index contributed by atoms with van der Waals surface area (Å²) in [4.78, 5) is 35.6. The van der Waals surface area contributed by atoms with E-state index in [0.717, 1.165) is 29.0 Å². The molecule has 2 aromatic carbocycles. The predicted molar refractivity (Wildman–Crippen MR) is 132 cm³/mol. The van der Waals surface area contributed by atoms with E-state index in [1.807, 2.05) is 36.4 Å². The number of aryl methyl sites for hydroxylation is 2. The number of anilines is 1. The highest BCUT2D eigenvalue weighted by Gasteiger charge is 2.19. The molecular weight excluding hydrogens is 436 g/mol. The van der Waals surface area contributed by atoms with Gasteiger partial charge in [-0.05, 0) is 54.4 Å². The molecule has 0 aliphatic carbocycles. The van der Waals surface area contributed by atoms with Crippen molar-refractivity contribution in [1.82, 2.24) is 14.9 Å². The van der Waals surface area contributed by atoms with E-state index in [-0.39, 0.29) is 24.7 Å². The van der Waals surface area contributed by atoms with Crippen LogP contribution in [0.25, 0.3) is 10.8 Å². The Bertz CT molecular complexity index is 1210. The Morgan fingerprint density at radius 2 is 1.91 bits per heavy atom. The predicted octanol–water partition coefficient (Wildman–Crippen LogP) is 4.23. The Balaban J connectivity index is 1.93. The molecule has 8 heteroatoms. The Labute approximate surface area is 197 Å². The minimum Gasteiger partial charge on any atom is -0.396 e. The first-order valence-electron chi connectivity index (χ1n) is 10.7. The van der Waals surface area contributed by atoms with E-state index < -0.39 is 0 Å². The number of nitrogen functional groups attached to an aromatic ring is 1. The van der Waals surface area contributed by atoms with Crippen molar-refractivity contribution in [3.63, 3.8) is 0 Å². The van der Waals surface area contributed by atoms with Gasteiger partial charge >= 0.3 is 0 Å². The second-order valence-corrected chi connectivity index (χ2v) is 8.67. The molecule has 0 atom stereocenters. The van der Waals surface area contributed by atoms with Gasteiger partial charge in [0, 0.05) is 41.0 Å². The molecule has 0 aliphatic heterocycles. The van der Waals surface area contributed by atoms with Gasteiger partial charge in [0.05, 0.1) is 6.54 Å². The SMILES string of the molecule is CCc1ccc(C(=O)S/C(CCO)=C(/C)N(C=O)Cc2cnc(C)nc2N)c2ccccc12. The van der Waals surface area contributed by atoms with Crippen LogP contribution in [-0.2, 0) is 17.8 Å². The Morgan fingerprint density at radius 1 is 1.18 bits per heavy atom. The summed E-state index contributed by atoms with van der Waals surface area (Å²) in [6.07, 6.45) is 3.39. The average molecular weight is 465 g/mol. The zero-order valence-corrected chi connectivity index (χ0v) is 19.9. The number of aliphatic hydroxyl groups excluding tert-OH is 1. The third kappa shape index (κ3) is 5.58. The lowest BCUT2D eigenvalue weighted by Gasteiger charge is -2.22. The van der Waals surface area contributed by atoms with E-state index in [9.17, 15) is 14.7 Å². The van der Waals surface area contributed by atoms with Gasteiger partial charge in [-0.3, -0.25) is 9.59 Å². The summed E-state index contributed by atoms with van der Waals surface area (Å²) in [5, 5.41) is 11.4. The molecule has 0 saturated heterocycles. The van der Waals surface area contributed by atoms with Gasteiger partial charge in [-0.1, -0.05) is 37.3 Å². The first-order chi connectivity index (χ1) is 15.9. The molecule has 3 aromatic rings. The minimum absolute atomic E-state index is 0.138. The number of nitrogens with two attached hydrogens (primary N) is 1. The van der Waals surface area contributed by atoms with Crippen LogP contribution in [0.2, 0.25) is 0 Å². The summed E-state index contributed by atoms with van der Waals surface area (Å²) in [5.74, 6) is 0.849. The number of carbonyl (C=O) groups is 2. The molecule has 33 heavy (non-hydrogen) atoms. The Kier molecular flexibility index (Phi) is 8.19. The lowest BCUT2D eigenvalue weighted by molar-refractivity contribution is -0.116. The number of aliphatic hydroxyl groups is 1. The number of nitrogens with zero attached hydrogens (tertiary/aromatic N) is 3. The van der Waals surface area contributed by atoms with Crippen LogP contribution >= 0.6 is 11.8 Å². The lowest BCUT2D eigenvalue weighted by atomic mass is 9.99. The van der Waals surface area contributed by atoms with Crippen LogP contribution in [0.1, 0.15) is 47.6 Å². The topological polar surface area (TPSA) is 109 Å². The highest BCUT2D eigenvalue weighted by molar-refractivity contribution is 8.17. The van der Waals surface area contributed by atoms with Gasteiger partial charge in [0.1, 0.15) is 11.6 Å². The number of hydrogen-bond donors (Lipinski definition) is 2. The van der Waals surface area contributed by atoms with Gasteiger partial charge in [0.25, 0.3) is 0 Å². The molecule has 1 aromatic heterocycles. The third-order valence-corrected chi connectivity index (χ3v) is 6.64. The van der Waals surface area contributed by atoms with E-state index >= 15 is 0 Å². The fourth-order valence-corrected chi connectivity index (χ4v) is 4.60. The van der Waals surface area contributed by atoms with Crippen molar-refractivity contribution in [3.8, 4) is 0 Å². The molecule has 1 amide bonds. The molecule has 0 saturated carbocycles. The van der Waals surface area contributed by atoms with E-state index in [0.29, 0.717) is 39.8 Å². The van der Waals surface area contributed by atoms with Gasteiger partial charge in [-0.25, -0.2) is 9.97 Å². The fraction of sp³-hybridized carbons (Fsp3) is 0.280. The molecule has 172 valence electrons. The van der Waals surface area contributed by atoms with Crippen molar-refractivity contribution >= 4 is 39.9 Å². The van der Waals surface area contributed by atoms with Crippen LogP contribution in [0.3, 0.4) is 0 Å². The standard InChI is InChI=1S/C25H28N4O3S/c1-4-18-9-10-22(21-8-6-5-7-20(18)21)25(32)33-23(11-12-30)16(2)29(15-31)14-19-13-27-17(3)28-24(19)26/h5-10,13,15,30H,4,11-12,14H2,1-3H3,(H2,26,27,28)/b23-16-. The Hall–Kier alpha value is -3.23. The van der Waals surface area contributed by atoms with Gasteiger partial charge in [0.15, 0.2) is 0 Å².